The molecule has 7 heteroatoms. The Kier molecular flexibility index (Phi) is 4.40. The number of carbonyl (C=O) groups is 1. The standard InChI is InChI=1S/C19H22ClN3O3/c20-15-4-2-14(3-5-15)19(7-1-8-19)17-16-13(6-9-23(17)18(25)26)12-22(21-16)10-11-24/h2-5,12,17,24H,1,6-11H2,(H,25,26). The van der Waals surface area contributed by atoms with E-state index in [0.717, 1.165) is 36.1 Å². The zero-order valence-corrected chi connectivity index (χ0v) is 15.2. The number of aliphatic hydroxyl groups excluding tert-OH is 1. The summed E-state index contributed by atoms with van der Waals surface area (Å²) in [4.78, 5) is 13.6. The van der Waals surface area contributed by atoms with Gasteiger partial charge in [-0.3, -0.25) is 9.58 Å². The van der Waals surface area contributed by atoms with Gasteiger partial charge in [-0.2, -0.15) is 5.10 Å². The number of nitrogens with zero attached hydrogens (tertiary/aromatic N) is 3. The smallest absolute Gasteiger partial charge is 0.407 e. The summed E-state index contributed by atoms with van der Waals surface area (Å²) in [6.45, 7) is 0.893. The van der Waals surface area contributed by atoms with Crippen LogP contribution in [-0.4, -0.2) is 44.1 Å². The second kappa shape index (κ2) is 6.59. The van der Waals surface area contributed by atoms with Crippen molar-refractivity contribution in [3.8, 4) is 0 Å². The van der Waals surface area contributed by atoms with Gasteiger partial charge in [0.25, 0.3) is 0 Å². The van der Waals surface area contributed by atoms with Crippen molar-refractivity contribution < 1.29 is 15.0 Å². The van der Waals surface area contributed by atoms with Gasteiger partial charge >= 0.3 is 6.09 Å². The van der Waals surface area contributed by atoms with E-state index in [1.165, 1.54) is 0 Å². The summed E-state index contributed by atoms with van der Waals surface area (Å²) < 4.78 is 1.73. The highest BCUT2D eigenvalue weighted by molar-refractivity contribution is 6.30. The van der Waals surface area contributed by atoms with E-state index in [1.807, 2.05) is 30.5 Å². The molecule has 6 nitrogen and oxygen atoms in total. The maximum absolute atomic E-state index is 12.0. The van der Waals surface area contributed by atoms with Gasteiger partial charge in [-0.15, -0.1) is 0 Å². The van der Waals surface area contributed by atoms with Gasteiger partial charge in [-0.05, 0) is 42.5 Å². The highest BCUT2D eigenvalue weighted by Gasteiger charge is 2.52. The minimum Gasteiger partial charge on any atom is -0.465 e. The fourth-order valence-corrected chi connectivity index (χ4v) is 4.59. The number of hydrogen-bond donors (Lipinski definition) is 2. The second-order valence-electron chi connectivity index (χ2n) is 7.17. The molecule has 4 rings (SSSR count). The normalized spacial score (nSPS) is 21.2. The van der Waals surface area contributed by atoms with Gasteiger partial charge in [-0.1, -0.05) is 30.2 Å². The summed E-state index contributed by atoms with van der Waals surface area (Å²) in [6, 6.07) is 7.46. The van der Waals surface area contributed by atoms with Gasteiger partial charge in [0.2, 0.25) is 0 Å². The first-order chi connectivity index (χ1) is 12.5. The van der Waals surface area contributed by atoms with E-state index in [4.69, 9.17) is 11.6 Å². The molecule has 1 atom stereocenters. The maximum atomic E-state index is 12.0. The van der Waals surface area contributed by atoms with Crippen LogP contribution in [0.25, 0.3) is 0 Å². The number of hydrogen-bond acceptors (Lipinski definition) is 3. The lowest BCUT2D eigenvalue weighted by atomic mass is 9.58. The quantitative estimate of drug-likeness (QED) is 0.859. The van der Waals surface area contributed by atoms with Gasteiger partial charge in [0.1, 0.15) is 0 Å². The molecule has 1 aliphatic heterocycles. The van der Waals surface area contributed by atoms with Crippen LogP contribution in [0.2, 0.25) is 5.02 Å². The molecular formula is C19H22ClN3O3. The minimum atomic E-state index is -0.905. The Bertz CT molecular complexity index is 814. The van der Waals surface area contributed by atoms with Crippen LogP contribution in [0.3, 0.4) is 0 Å². The Morgan fingerprint density at radius 3 is 2.62 bits per heavy atom. The zero-order chi connectivity index (χ0) is 18.3. The minimum absolute atomic E-state index is 0.0101. The molecule has 1 aliphatic carbocycles. The molecule has 2 aliphatic rings. The van der Waals surface area contributed by atoms with Crippen LogP contribution in [0.4, 0.5) is 4.79 Å². The van der Waals surface area contributed by atoms with E-state index in [1.54, 1.807) is 9.58 Å². The van der Waals surface area contributed by atoms with Crippen molar-refractivity contribution in [2.75, 3.05) is 13.2 Å². The van der Waals surface area contributed by atoms with Crippen molar-refractivity contribution in [3.05, 3.63) is 52.3 Å². The second-order valence-corrected chi connectivity index (χ2v) is 7.61. The average Bonchev–Trinajstić information content (AvgIpc) is 2.98. The molecule has 2 aromatic rings. The molecule has 0 radical (unpaired) electrons. The molecule has 0 spiro atoms. The van der Waals surface area contributed by atoms with Crippen LogP contribution in [0.5, 0.6) is 0 Å². The lowest BCUT2D eigenvalue weighted by molar-refractivity contribution is 0.0489. The number of fused-ring (bicyclic) bond motifs is 1. The average molecular weight is 376 g/mol. The first kappa shape index (κ1) is 17.4. The van der Waals surface area contributed by atoms with Crippen LogP contribution in [-0.2, 0) is 18.4 Å². The molecule has 1 amide bonds. The fraction of sp³-hybridized carbons (Fsp3) is 0.474. The van der Waals surface area contributed by atoms with Crippen LogP contribution >= 0.6 is 11.6 Å². The number of rotatable bonds is 4. The van der Waals surface area contributed by atoms with Crippen LogP contribution in [0, 0.1) is 0 Å². The van der Waals surface area contributed by atoms with Crippen molar-refractivity contribution in [1.82, 2.24) is 14.7 Å². The van der Waals surface area contributed by atoms with Crippen molar-refractivity contribution in [2.24, 2.45) is 0 Å². The Hall–Kier alpha value is -2.05. The molecule has 0 saturated heterocycles. The predicted molar refractivity (Wildman–Crippen MR) is 97.5 cm³/mol. The van der Waals surface area contributed by atoms with Gasteiger partial charge in [0, 0.05) is 23.2 Å². The van der Waals surface area contributed by atoms with Crippen molar-refractivity contribution in [3.63, 3.8) is 0 Å². The third-order valence-electron chi connectivity index (χ3n) is 5.83. The molecule has 1 fully saturated rings. The van der Waals surface area contributed by atoms with E-state index in [9.17, 15) is 15.0 Å². The summed E-state index contributed by atoms with van der Waals surface area (Å²) in [5.74, 6) is 0. The topological polar surface area (TPSA) is 78.6 Å². The van der Waals surface area contributed by atoms with E-state index >= 15 is 0 Å². The molecule has 1 aromatic carbocycles. The molecular weight excluding hydrogens is 354 g/mol. The van der Waals surface area contributed by atoms with Crippen LogP contribution in [0.1, 0.15) is 42.1 Å². The number of halogens is 1. The van der Waals surface area contributed by atoms with E-state index in [2.05, 4.69) is 5.10 Å². The number of carboxylic acid groups (broad SMARTS) is 1. The Balaban J connectivity index is 1.82. The van der Waals surface area contributed by atoms with Crippen LogP contribution < -0.4 is 0 Å². The lowest BCUT2D eigenvalue weighted by Crippen LogP contribution is -2.52. The molecule has 138 valence electrons. The van der Waals surface area contributed by atoms with Crippen molar-refractivity contribution in [1.29, 1.82) is 0 Å². The number of aromatic nitrogens is 2. The summed E-state index contributed by atoms with van der Waals surface area (Å²) in [5, 5.41) is 24.4. The highest BCUT2D eigenvalue weighted by atomic mass is 35.5. The molecule has 2 heterocycles. The Labute approximate surface area is 157 Å². The molecule has 0 bridgehead atoms. The number of aliphatic hydroxyl groups is 1. The van der Waals surface area contributed by atoms with Crippen LogP contribution in [0.15, 0.2) is 30.5 Å². The van der Waals surface area contributed by atoms with Gasteiger partial charge < -0.3 is 10.2 Å². The first-order valence-corrected chi connectivity index (χ1v) is 9.36. The summed E-state index contributed by atoms with van der Waals surface area (Å²) in [7, 11) is 0. The Morgan fingerprint density at radius 2 is 2.04 bits per heavy atom. The molecule has 26 heavy (non-hydrogen) atoms. The largest absolute Gasteiger partial charge is 0.465 e. The summed E-state index contributed by atoms with van der Waals surface area (Å²) in [5.41, 5.74) is 2.77. The van der Waals surface area contributed by atoms with Gasteiger partial charge in [0.15, 0.2) is 0 Å². The number of amides is 1. The molecule has 1 aromatic heterocycles. The molecule has 2 N–H and O–H groups in total. The fourth-order valence-electron chi connectivity index (χ4n) is 4.46. The predicted octanol–water partition coefficient (Wildman–Crippen LogP) is 3.23. The monoisotopic (exact) mass is 375 g/mol. The third kappa shape index (κ3) is 2.68. The maximum Gasteiger partial charge on any atom is 0.407 e. The van der Waals surface area contributed by atoms with Crippen molar-refractivity contribution in [2.45, 2.75) is 43.7 Å². The highest BCUT2D eigenvalue weighted by Crippen LogP contribution is 2.55. The van der Waals surface area contributed by atoms with Crippen molar-refractivity contribution >= 4 is 17.7 Å². The first-order valence-electron chi connectivity index (χ1n) is 8.98. The van der Waals surface area contributed by atoms with E-state index in [0.29, 0.717) is 24.5 Å². The SMILES string of the molecule is O=C(O)N1CCc2cn(CCO)nc2C1C1(c2ccc(Cl)cc2)CCC1. The summed E-state index contributed by atoms with van der Waals surface area (Å²) >= 11 is 6.06. The molecule has 1 saturated carbocycles. The van der Waals surface area contributed by atoms with Gasteiger partial charge in [0.05, 0.1) is 24.9 Å². The lowest BCUT2D eigenvalue weighted by Gasteiger charge is -2.52. The molecule has 1 unspecified atom stereocenters. The third-order valence-corrected chi connectivity index (χ3v) is 6.08. The van der Waals surface area contributed by atoms with E-state index in [-0.39, 0.29) is 18.1 Å². The van der Waals surface area contributed by atoms with E-state index < -0.39 is 6.09 Å². The van der Waals surface area contributed by atoms with Gasteiger partial charge in [-0.25, -0.2) is 4.79 Å². The number of benzene rings is 1. The zero-order valence-electron chi connectivity index (χ0n) is 14.4. The Morgan fingerprint density at radius 1 is 1.31 bits per heavy atom. The summed E-state index contributed by atoms with van der Waals surface area (Å²) in [6.07, 6.45) is 4.62.